The molecule has 0 saturated carbocycles. The van der Waals surface area contributed by atoms with Gasteiger partial charge in [-0.2, -0.15) is 5.26 Å². The van der Waals surface area contributed by atoms with Crippen molar-refractivity contribution in [3.05, 3.63) is 35.1 Å². The Hall–Kier alpha value is -1.44. The quantitative estimate of drug-likeness (QED) is 0.816. The number of nitriles is 1. The summed E-state index contributed by atoms with van der Waals surface area (Å²) < 4.78 is 13.0. The van der Waals surface area contributed by atoms with Crippen molar-refractivity contribution in [1.29, 1.82) is 5.26 Å². The molecule has 0 heterocycles. The SMILES string of the molecule is Cc1cc(F)ccc1C(O)CN(CC#N)C(C)C. The van der Waals surface area contributed by atoms with Gasteiger partial charge in [0.15, 0.2) is 0 Å². The lowest BCUT2D eigenvalue weighted by atomic mass is 10.0. The van der Waals surface area contributed by atoms with E-state index in [2.05, 4.69) is 6.07 Å². The van der Waals surface area contributed by atoms with Gasteiger partial charge in [0, 0.05) is 12.6 Å². The number of aliphatic hydroxyl groups is 1. The zero-order chi connectivity index (χ0) is 13.7. The van der Waals surface area contributed by atoms with Crippen LogP contribution in [0.5, 0.6) is 0 Å². The van der Waals surface area contributed by atoms with Crippen molar-refractivity contribution >= 4 is 0 Å². The molecule has 4 heteroatoms. The molecule has 1 aromatic rings. The predicted octanol–water partition coefficient (Wildman–Crippen LogP) is 2.40. The summed E-state index contributed by atoms with van der Waals surface area (Å²) in [5.41, 5.74) is 1.43. The van der Waals surface area contributed by atoms with Gasteiger partial charge in [-0.1, -0.05) is 6.07 Å². The van der Waals surface area contributed by atoms with Crippen LogP contribution in [-0.4, -0.2) is 29.1 Å². The Morgan fingerprint density at radius 2 is 2.11 bits per heavy atom. The Bertz CT molecular complexity index is 440. The summed E-state index contributed by atoms with van der Waals surface area (Å²) >= 11 is 0. The number of rotatable bonds is 5. The average Bonchev–Trinajstić information content (AvgIpc) is 2.27. The van der Waals surface area contributed by atoms with Crippen LogP contribution in [-0.2, 0) is 0 Å². The van der Waals surface area contributed by atoms with E-state index in [1.54, 1.807) is 13.0 Å². The molecule has 1 N–H and O–H groups in total. The highest BCUT2D eigenvalue weighted by atomic mass is 19.1. The van der Waals surface area contributed by atoms with Gasteiger partial charge >= 0.3 is 0 Å². The molecule has 0 aliphatic carbocycles. The number of hydrogen-bond donors (Lipinski definition) is 1. The van der Waals surface area contributed by atoms with E-state index >= 15 is 0 Å². The van der Waals surface area contributed by atoms with E-state index in [1.165, 1.54) is 12.1 Å². The summed E-state index contributed by atoms with van der Waals surface area (Å²) in [7, 11) is 0. The third-order valence-electron chi connectivity index (χ3n) is 3.00. The van der Waals surface area contributed by atoms with Crippen molar-refractivity contribution < 1.29 is 9.50 Å². The topological polar surface area (TPSA) is 47.3 Å². The fourth-order valence-corrected chi connectivity index (χ4v) is 1.88. The lowest BCUT2D eigenvalue weighted by Crippen LogP contribution is -2.35. The number of benzene rings is 1. The first-order valence-electron chi connectivity index (χ1n) is 6.00. The van der Waals surface area contributed by atoms with E-state index in [0.717, 1.165) is 5.56 Å². The average molecular weight is 250 g/mol. The van der Waals surface area contributed by atoms with E-state index in [-0.39, 0.29) is 18.4 Å². The largest absolute Gasteiger partial charge is 0.387 e. The summed E-state index contributed by atoms with van der Waals surface area (Å²) in [6, 6.07) is 6.61. The van der Waals surface area contributed by atoms with Gasteiger partial charge < -0.3 is 5.11 Å². The molecule has 1 rings (SSSR count). The van der Waals surface area contributed by atoms with E-state index in [0.29, 0.717) is 12.1 Å². The van der Waals surface area contributed by atoms with Crippen molar-refractivity contribution in [2.75, 3.05) is 13.1 Å². The van der Waals surface area contributed by atoms with Gasteiger partial charge in [-0.25, -0.2) is 4.39 Å². The normalized spacial score (nSPS) is 12.8. The van der Waals surface area contributed by atoms with Crippen LogP contribution in [0.3, 0.4) is 0 Å². The molecule has 18 heavy (non-hydrogen) atoms. The van der Waals surface area contributed by atoms with E-state index in [4.69, 9.17) is 5.26 Å². The third kappa shape index (κ3) is 3.80. The fraction of sp³-hybridized carbons (Fsp3) is 0.500. The second-order valence-corrected chi connectivity index (χ2v) is 4.70. The molecule has 0 amide bonds. The molecule has 1 aromatic carbocycles. The number of aryl methyl sites for hydroxylation is 1. The van der Waals surface area contributed by atoms with Crippen LogP contribution >= 0.6 is 0 Å². The van der Waals surface area contributed by atoms with E-state index in [9.17, 15) is 9.50 Å². The first-order chi connectivity index (χ1) is 8.45. The summed E-state index contributed by atoms with van der Waals surface area (Å²) in [5, 5.41) is 18.9. The Kier molecular flexibility index (Phi) is 5.26. The smallest absolute Gasteiger partial charge is 0.123 e. The van der Waals surface area contributed by atoms with Gasteiger partial charge in [0.1, 0.15) is 5.82 Å². The lowest BCUT2D eigenvalue weighted by Gasteiger charge is -2.26. The van der Waals surface area contributed by atoms with Crippen molar-refractivity contribution in [2.24, 2.45) is 0 Å². The highest BCUT2D eigenvalue weighted by Gasteiger charge is 2.17. The summed E-state index contributed by atoms with van der Waals surface area (Å²) in [6.45, 7) is 6.36. The van der Waals surface area contributed by atoms with Crippen LogP contribution in [0, 0.1) is 24.1 Å². The molecule has 0 spiro atoms. The minimum atomic E-state index is -0.707. The number of aliphatic hydroxyl groups excluding tert-OH is 1. The molecule has 0 aromatic heterocycles. The van der Waals surface area contributed by atoms with Crippen molar-refractivity contribution in [2.45, 2.75) is 32.9 Å². The third-order valence-corrected chi connectivity index (χ3v) is 3.00. The van der Waals surface area contributed by atoms with Crippen LogP contribution < -0.4 is 0 Å². The maximum Gasteiger partial charge on any atom is 0.123 e. The second-order valence-electron chi connectivity index (χ2n) is 4.70. The Morgan fingerprint density at radius 3 is 2.61 bits per heavy atom. The highest BCUT2D eigenvalue weighted by molar-refractivity contribution is 5.28. The minimum Gasteiger partial charge on any atom is -0.387 e. The van der Waals surface area contributed by atoms with Gasteiger partial charge in [-0.3, -0.25) is 4.90 Å². The Morgan fingerprint density at radius 1 is 1.44 bits per heavy atom. The van der Waals surface area contributed by atoms with Crippen LogP contribution in [0.25, 0.3) is 0 Å². The van der Waals surface area contributed by atoms with Gasteiger partial charge in [0.25, 0.3) is 0 Å². The fourth-order valence-electron chi connectivity index (χ4n) is 1.88. The molecule has 0 aliphatic heterocycles. The molecule has 0 fully saturated rings. The molecule has 1 unspecified atom stereocenters. The zero-order valence-corrected chi connectivity index (χ0v) is 11.0. The molecule has 0 saturated heterocycles. The molecule has 3 nitrogen and oxygen atoms in total. The molecular formula is C14H19FN2O. The van der Waals surface area contributed by atoms with Crippen molar-refractivity contribution in [3.63, 3.8) is 0 Å². The van der Waals surface area contributed by atoms with Gasteiger partial charge in [0.05, 0.1) is 18.7 Å². The van der Waals surface area contributed by atoms with Crippen LogP contribution in [0.15, 0.2) is 18.2 Å². The van der Waals surface area contributed by atoms with Crippen LogP contribution in [0.4, 0.5) is 4.39 Å². The molecule has 0 bridgehead atoms. The van der Waals surface area contributed by atoms with Crippen molar-refractivity contribution in [3.8, 4) is 6.07 Å². The summed E-state index contributed by atoms with van der Waals surface area (Å²) in [4.78, 5) is 1.88. The minimum absolute atomic E-state index is 0.181. The molecular weight excluding hydrogens is 231 g/mol. The number of nitrogens with zero attached hydrogens (tertiary/aromatic N) is 2. The zero-order valence-electron chi connectivity index (χ0n) is 11.0. The maximum absolute atomic E-state index is 13.0. The van der Waals surface area contributed by atoms with Crippen molar-refractivity contribution in [1.82, 2.24) is 4.90 Å². The predicted molar refractivity (Wildman–Crippen MR) is 68.4 cm³/mol. The molecule has 0 radical (unpaired) electrons. The number of hydrogen-bond acceptors (Lipinski definition) is 3. The van der Waals surface area contributed by atoms with Crippen LogP contribution in [0.2, 0.25) is 0 Å². The van der Waals surface area contributed by atoms with Gasteiger partial charge in [0.2, 0.25) is 0 Å². The molecule has 0 aliphatic rings. The second kappa shape index (κ2) is 6.48. The standard InChI is InChI=1S/C14H19FN2O/c1-10(2)17(7-6-16)9-14(18)13-5-4-12(15)8-11(13)3/h4-5,8,10,14,18H,7,9H2,1-3H3. The molecule has 1 atom stereocenters. The van der Waals surface area contributed by atoms with Crippen LogP contribution in [0.1, 0.15) is 31.1 Å². The van der Waals surface area contributed by atoms with E-state index in [1.807, 2.05) is 18.7 Å². The monoisotopic (exact) mass is 250 g/mol. The summed E-state index contributed by atoms with van der Waals surface area (Å²) in [5.74, 6) is -0.304. The number of halogens is 1. The van der Waals surface area contributed by atoms with Gasteiger partial charge in [-0.05, 0) is 44.0 Å². The maximum atomic E-state index is 13.0. The Balaban J connectivity index is 2.80. The molecule has 98 valence electrons. The van der Waals surface area contributed by atoms with Gasteiger partial charge in [-0.15, -0.1) is 0 Å². The Labute approximate surface area is 107 Å². The summed E-state index contributed by atoms with van der Waals surface area (Å²) in [6.07, 6.45) is -0.707. The van der Waals surface area contributed by atoms with E-state index < -0.39 is 6.10 Å². The first-order valence-corrected chi connectivity index (χ1v) is 6.00. The lowest BCUT2D eigenvalue weighted by molar-refractivity contribution is 0.104. The first kappa shape index (κ1) is 14.6. The highest BCUT2D eigenvalue weighted by Crippen LogP contribution is 2.20.